The maximum absolute atomic E-state index is 6.05. The smallest absolute Gasteiger partial charge is 0.253 e. The van der Waals surface area contributed by atoms with Crippen molar-refractivity contribution in [3.8, 4) is 22.7 Å². The van der Waals surface area contributed by atoms with Crippen molar-refractivity contribution in [1.29, 1.82) is 0 Å². The fourth-order valence-electron chi connectivity index (χ4n) is 3.44. The maximum Gasteiger partial charge on any atom is 0.253 e. The van der Waals surface area contributed by atoms with Gasteiger partial charge in [0, 0.05) is 17.0 Å². The Morgan fingerprint density at radius 3 is 2.61 bits per heavy atom. The van der Waals surface area contributed by atoms with E-state index < -0.39 is 0 Å². The zero-order chi connectivity index (χ0) is 21.0. The number of aryl methyl sites for hydroxylation is 1. The Morgan fingerprint density at radius 2 is 1.84 bits per heavy atom. The van der Waals surface area contributed by atoms with E-state index in [0.29, 0.717) is 36.3 Å². The molecule has 8 heteroatoms. The van der Waals surface area contributed by atoms with Crippen LogP contribution in [0, 0.1) is 6.92 Å². The Bertz CT molecular complexity index is 1190. The molecule has 0 saturated heterocycles. The van der Waals surface area contributed by atoms with E-state index in [0.717, 1.165) is 23.4 Å². The zero-order valence-corrected chi connectivity index (χ0v) is 17.7. The Morgan fingerprint density at radius 1 is 0.935 bits per heavy atom. The van der Waals surface area contributed by atoms with Crippen molar-refractivity contribution in [2.45, 2.75) is 26.6 Å². The highest BCUT2D eigenvalue weighted by atomic mass is 32.1. The van der Waals surface area contributed by atoms with E-state index >= 15 is 0 Å². The van der Waals surface area contributed by atoms with Crippen LogP contribution >= 0.6 is 11.3 Å². The Labute approximate surface area is 182 Å². The molecular weight excluding hydrogens is 412 g/mol. The molecule has 0 amide bonds. The predicted octanol–water partition coefficient (Wildman–Crippen LogP) is 5.56. The first-order valence-corrected chi connectivity index (χ1v) is 10.8. The Kier molecular flexibility index (Phi) is 5.47. The van der Waals surface area contributed by atoms with E-state index in [1.165, 1.54) is 4.88 Å². The molecule has 4 aromatic heterocycles. The molecule has 0 fully saturated rings. The summed E-state index contributed by atoms with van der Waals surface area (Å²) >= 11 is 1.72. The molecule has 0 aliphatic rings. The highest BCUT2D eigenvalue weighted by molar-refractivity contribution is 7.09. The van der Waals surface area contributed by atoms with Crippen molar-refractivity contribution >= 4 is 11.3 Å². The van der Waals surface area contributed by atoms with Crippen LogP contribution in [0.15, 0.2) is 79.6 Å². The minimum atomic E-state index is 0.404. The topological polar surface area (TPSA) is 81.3 Å². The number of hydrogen-bond acceptors (Lipinski definition) is 8. The van der Waals surface area contributed by atoms with E-state index in [9.17, 15) is 0 Å². The van der Waals surface area contributed by atoms with Gasteiger partial charge in [-0.25, -0.2) is 0 Å². The maximum atomic E-state index is 6.05. The van der Waals surface area contributed by atoms with Gasteiger partial charge in [0.15, 0.2) is 0 Å². The fourth-order valence-corrected chi connectivity index (χ4v) is 4.19. The summed E-state index contributed by atoms with van der Waals surface area (Å²) in [7, 11) is 0. The lowest BCUT2D eigenvalue weighted by Gasteiger charge is -2.18. The molecule has 0 bridgehead atoms. The minimum absolute atomic E-state index is 0.404. The highest BCUT2D eigenvalue weighted by Crippen LogP contribution is 2.33. The molecule has 156 valence electrons. The quantitative estimate of drug-likeness (QED) is 0.318. The highest BCUT2D eigenvalue weighted by Gasteiger charge is 2.23. The minimum Gasteiger partial charge on any atom is -0.468 e. The second kappa shape index (κ2) is 8.71. The Balaban J connectivity index is 1.40. The van der Waals surface area contributed by atoms with Crippen molar-refractivity contribution in [1.82, 2.24) is 20.3 Å². The zero-order valence-electron chi connectivity index (χ0n) is 16.9. The average molecular weight is 433 g/mol. The summed E-state index contributed by atoms with van der Waals surface area (Å²) in [5.74, 6) is 2.46. The summed E-state index contributed by atoms with van der Waals surface area (Å²) in [6.45, 7) is 3.75. The third kappa shape index (κ3) is 4.35. The number of hydrogen-bond donors (Lipinski definition) is 0. The van der Waals surface area contributed by atoms with Crippen LogP contribution < -0.4 is 0 Å². The second-order valence-electron chi connectivity index (χ2n) is 7.13. The van der Waals surface area contributed by atoms with Gasteiger partial charge < -0.3 is 13.4 Å². The van der Waals surface area contributed by atoms with Gasteiger partial charge in [-0.15, -0.1) is 21.5 Å². The molecule has 7 nitrogen and oxygen atoms in total. The number of nitrogens with zero attached hydrogens (tertiary/aromatic N) is 4. The van der Waals surface area contributed by atoms with Gasteiger partial charge in [-0.2, -0.15) is 0 Å². The van der Waals surface area contributed by atoms with E-state index in [2.05, 4.69) is 37.8 Å². The van der Waals surface area contributed by atoms with Gasteiger partial charge in [0.05, 0.1) is 19.4 Å². The lowest BCUT2D eigenvalue weighted by molar-refractivity contribution is 0.208. The van der Waals surface area contributed by atoms with Crippen molar-refractivity contribution in [3.05, 3.63) is 88.5 Å². The van der Waals surface area contributed by atoms with Gasteiger partial charge in [-0.05, 0) is 30.5 Å². The number of thiophene rings is 1. The number of benzene rings is 1. The summed E-state index contributed by atoms with van der Waals surface area (Å²) in [5, 5.41) is 14.9. The molecule has 0 spiro atoms. The molecule has 5 aromatic rings. The molecule has 31 heavy (non-hydrogen) atoms. The second-order valence-corrected chi connectivity index (χ2v) is 8.17. The van der Waals surface area contributed by atoms with Crippen LogP contribution in [0.5, 0.6) is 0 Å². The van der Waals surface area contributed by atoms with Crippen LogP contribution in [0.2, 0.25) is 0 Å². The summed E-state index contributed by atoms with van der Waals surface area (Å²) < 4.78 is 17.0. The van der Waals surface area contributed by atoms with Gasteiger partial charge in [0.1, 0.15) is 22.8 Å². The monoisotopic (exact) mass is 432 g/mol. The third-order valence-electron chi connectivity index (χ3n) is 4.87. The normalized spacial score (nSPS) is 11.4. The standard InChI is InChI=1S/C23H20N4O3S/c1-16-21(22(26-30-16)17-7-3-2-4-8-17)23-25-24-20(29-23)15-27(13-18-9-5-11-28-18)14-19-10-6-12-31-19/h2-12H,13-15H2,1H3. The molecule has 0 unspecified atom stereocenters. The molecule has 0 atom stereocenters. The predicted molar refractivity (Wildman–Crippen MR) is 116 cm³/mol. The number of furan rings is 1. The van der Waals surface area contributed by atoms with Gasteiger partial charge in [0.2, 0.25) is 5.89 Å². The van der Waals surface area contributed by atoms with Crippen LogP contribution in [0.1, 0.15) is 22.3 Å². The molecule has 0 aliphatic heterocycles. The van der Waals surface area contributed by atoms with E-state index in [1.54, 1.807) is 17.6 Å². The molecule has 1 aromatic carbocycles. The first-order valence-electron chi connectivity index (χ1n) is 9.88. The summed E-state index contributed by atoms with van der Waals surface area (Å²) in [6.07, 6.45) is 1.68. The SMILES string of the molecule is Cc1onc(-c2ccccc2)c1-c1nnc(CN(Cc2ccco2)Cc2cccs2)o1. The Hall–Kier alpha value is -3.49. The van der Waals surface area contributed by atoms with Crippen molar-refractivity contribution < 1.29 is 13.4 Å². The van der Waals surface area contributed by atoms with Gasteiger partial charge in [0.25, 0.3) is 5.89 Å². The molecule has 4 heterocycles. The number of rotatable bonds is 8. The van der Waals surface area contributed by atoms with Crippen LogP contribution in [0.4, 0.5) is 0 Å². The molecule has 0 aliphatic carbocycles. The first-order chi connectivity index (χ1) is 15.3. The third-order valence-corrected chi connectivity index (χ3v) is 5.73. The fraction of sp³-hybridized carbons (Fsp3) is 0.174. The lowest BCUT2D eigenvalue weighted by atomic mass is 10.1. The summed E-state index contributed by atoms with van der Waals surface area (Å²) in [6, 6.07) is 17.9. The van der Waals surface area contributed by atoms with Crippen LogP contribution in [0.3, 0.4) is 0 Å². The summed E-state index contributed by atoms with van der Waals surface area (Å²) in [4.78, 5) is 3.47. The van der Waals surface area contributed by atoms with Crippen LogP contribution in [-0.2, 0) is 19.6 Å². The van der Waals surface area contributed by atoms with Crippen molar-refractivity contribution in [2.24, 2.45) is 0 Å². The number of aromatic nitrogens is 3. The average Bonchev–Trinajstić information content (AvgIpc) is 3.57. The van der Waals surface area contributed by atoms with Crippen molar-refractivity contribution in [2.75, 3.05) is 0 Å². The molecule has 0 radical (unpaired) electrons. The van der Waals surface area contributed by atoms with Crippen molar-refractivity contribution in [3.63, 3.8) is 0 Å². The van der Waals surface area contributed by atoms with Gasteiger partial charge in [-0.1, -0.05) is 41.6 Å². The molecule has 5 rings (SSSR count). The van der Waals surface area contributed by atoms with E-state index in [4.69, 9.17) is 13.4 Å². The van der Waals surface area contributed by atoms with Crippen LogP contribution in [-0.4, -0.2) is 20.3 Å². The lowest BCUT2D eigenvalue weighted by Crippen LogP contribution is -2.21. The first kappa shape index (κ1) is 19.5. The van der Waals surface area contributed by atoms with E-state index in [1.807, 2.05) is 49.4 Å². The largest absolute Gasteiger partial charge is 0.468 e. The molecule has 0 N–H and O–H groups in total. The van der Waals surface area contributed by atoms with Gasteiger partial charge in [-0.3, -0.25) is 4.90 Å². The van der Waals surface area contributed by atoms with Crippen LogP contribution in [0.25, 0.3) is 22.7 Å². The molecule has 0 saturated carbocycles. The summed E-state index contributed by atoms with van der Waals surface area (Å²) in [5.41, 5.74) is 2.35. The molecular formula is C23H20N4O3S. The van der Waals surface area contributed by atoms with E-state index in [-0.39, 0.29) is 0 Å². The van der Waals surface area contributed by atoms with Gasteiger partial charge >= 0.3 is 0 Å².